The van der Waals surface area contributed by atoms with E-state index in [1.165, 1.54) is 0 Å². The normalized spacial score (nSPS) is 14.9. The molecule has 0 N–H and O–H groups in total. The fourth-order valence-electron chi connectivity index (χ4n) is 2.98. The Morgan fingerprint density at radius 2 is 2.00 bits per heavy atom. The first-order valence-corrected chi connectivity index (χ1v) is 7.37. The molecule has 3 heteroatoms. The van der Waals surface area contributed by atoms with Crippen LogP contribution in [0, 0.1) is 11.3 Å². The van der Waals surface area contributed by atoms with Crippen LogP contribution in [0.1, 0.15) is 27.0 Å². The summed E-state index contributed by atoms with van der Waals surface area (Å²) in [5.74, 6) is 0.0203. The number of pyridine rings is 1. The molecule has 3 aromatic rings. The molecule has 1 aliphatic carbocycles. The van der Waals surface area contributed by atoms with E-state index in [1.807, 2.05) is 36.5 Å². The monoisotopic (exact) mass is 296 g/mol. The Balaban J connectivity index is 1.74. The first kappa shape index (κ1) is 13.4. The molecule has 3 nitrogen and oxygen atoms in total. The van der Waals surface area contributed by atoms with Gasteiger partial charge in [0.05, 0.1) is 11.6 Å². The molecule has 1 aromatic heterocycles. The predicted molar refractivity (Wildman–Crippen MR) is 88.9 cm³/mol. The molecule has 0 radical (unpaired) electrons. The third kappa shape index (κ3) is 2.31. The quantitative estimate of drug-likeness (QED) is 0.639. The predicted octanol–water partition coefficient (Wildman–Crippen LogP) is 3.93. The zero-order chi connectivity index (χ0) is 15.8. The van der Waals surface area contributed by atoms with Crippen LogP contribution in [0.5, 0.6) is 0 Å². The Bertz CT molecular complexity index is 1030. The minimum absolute atomic E-state index is 0.0203. The van der Waals surface area contributed by atoms with Crippen molar-refractivity contribution in [2.75, 3.05) is 0 Å². The van der Waals surface area contributed by atoms with Gasteiger partial charge in [0.15, 0.2) is 5.78 Å². The molecule has 2 aromatic carbocycles. The number of aromatic nitrogens is 1. The van der Waals surface area contributed by atoms with Gasteiger partial charge < -0.3 is 0 Å². The van der Waals surface area contributed by atoms with Crippen LogP contribution in [-0.4, -0.2) is 10.8 Å². The zero-order valence-electron chi connectivity index (χ0n) is 12.3. The summed E-state index contributed by atoms with van der Waals surface area (Å²) in [7, 11) is 0. The van der Waals surface area contributed by atoms with Gasteiger partial charge in [-0.1, -0.05) is 18.2 Å². The molecule has 0 bridgehead atoms. The summed E-state index contributed by atoms with van der Waals surface area (Å²) in [4.78, 5) is 16.7. The summed E-state index contributed by atoms with van der Waals surface area (Å²) in [5.41, 5.74) is 3.94. The van der Waals surface area contributed by atoms with Gasteiger partial charge in [-0.25, -0.2) is 0 Å². The highest BCUT2D eigenvalue weighted by atomic mass is 16.1. The lowest BCUT2D eigenvalue weighted by molar-refractivity contribution is 0.104. The average Bonchev–Trinajstić information content (AvgIpc) is 2.90. The van der Waals surface area contributed by atoms with E-state index in [9.17, 15) is 4.79 Å². The lowest BCUT2D eigenvalue weighted by atomic mass is 10.0. The Morgan fingerprint density at radius 3 is 2.87 bits per heavy atom. The molecule has 108 valence electrons. The van der Waals surface area contributed by atoms with Crippen LogP contribution in [0.3, 0.4) is 0 Å². The van der Waals surface area contributed by atoms with E-state index >= 15 is 0 Å². The number of fused-ring (bicyclic) bond motifs is 2. The van der Waals surface area contributed by atoms with Crippen molar-refractivity contribution in [3.63, 3.8) is 0 Å². The lowest BCUT2D eigenvalue weighted by Crippen LogP contribution is -1.95. The molecule has 0 spiro atoms. The van der Waals surface area contributed by atoms with Crippen LogP contribution in [0.15, 0.2) is 60.4 Å². The number of allylic oxidation sites excluding steroid dienone is 1. The first-order chi connectivity index (χ1) is 11.2. The molecule has 0 saturated heterocycles. The number of hydrogen-bond donors (Lipinski definition) is 0. The Morgan fingerprint density at radius 1 is 1.09 bits per heavy atom. The molecule has 0 aliphatic heterocycles. The second-order valence-corrected chi connectivity index (χ2v) is 5.64. The van der Waals surface area contributed by atoms with E-state index in [0.29, 0.717) is 17.5 Å². The fraction of sp³-hybridized carbons (Fsp3) is 0.0500. The largest absolute Gasteiger partial charge is 0.289 e. The smallest absolute Gasteiger partial charge is 0.189 e. The van der Waals surface area contributed by atoms with Gasteiger partial charge in [0.25, 0.3) is 0 Å². The SMILES string of the molecule is N#Cc1ccc2c(c1)C(=O)/C(=C/c1ccc3cnccc3c1)C2. The van der Waals surface area contributed by atoms with Crippen molar-refractivity contribution in [1.82, 2.24) is 4.98 Å². The molecule has 1 aliphatic rings. The molecule has 23 heavy (non-hydrogen) atoms. The molecule has 0 saturated carbocycles. The maximum Gasteiger partial charge on any atom is 0.189 e. The van der Waals surface area contributed by atoms with Gasteiger partial charge in [-0.15, -0.1) is 0 Å². The summed E-state index contributed by atoms with van der Waals surface area (Å²) in [6.07, 6.45) is 6.15. The Kier molecular flexibility index (Phi) is 3.03. The topological polar surface area (TPSA) is 53.8 Å². The number of rotatable bonds is 1. The number of hydrogen-bond acceptors (Lipinski definition) is 3. The van der Waals surface area contributed by atoms with Gasteiger partial charge in [0.2, 0.25) is 0 Å². The number of carbonyl (C=O) groups excluding carboxylic acids is 1. The minimum atomic E-state index is 0.0203. The van der Waals surface area contributed by atoms with E-state index in [0.717, 1.165) is 27.5 Å². The van der Waals surface area contributed by atoms with Gasteiger partial charge in [-0.3, -0.25) is 9.78 Å². The van der Waals surface area contributed by atoms with Crippen LogP contribution >= 0.6 is 0 Å². The van der Waals surface area contributed by atoms with Crippen LogP contribution in [0.25, 0.3) is 16.8 Å². The van der Waals surface area contributed by atoms with Crippen LogP contribution < -0.4 is 0 Å². The van der Waals surface area contributed by atoms with Crippen molar-refractivity contribution >= 4 is 22.6 Å². The van der Waals surface area contributed by atoms with Gasteiger partial charge in [-0.05, 0) is 46.9 Å². The van der Waals surface area contributed by atoms with E-state index in [-0.39, 0.29) is 5.78 Å². The molecular weight excluding hydrogens is 284 g/mol. The van der Waals surface area contributed by atoms with Crippen molar-refractivity contribution in [3.8, 4) is 6.07 Å². The summed E-state index contributed by atoms with van der Waals surface area (Å²) in [6.45, 7) is 0. The van der Waals surface area contributed by atoms with E-state index < -0.39 is 0 Å². The first-order valence-electron chi connectivity index (χ1n) is 7.37. The summed E-state index contributed by atoms with van der Waals surface area (Å²) in [6, 6.07) is 15.4. The van der Waals surface area contributed by atoms with Crippen molar-refractivity contribution in [2.45, 2.75) is 6.42 Å². The fourth-order valence-corrected chi connectivity index (χ4v) is 2.98. The number of nitrogens with zero attached hydrogens (tertiary/aromatic N) is 2. The van der Waals surface area contributed by atoms with Crippen molar-refractivity contribution in [3.05, 3.63) is 82.7 Å². The molecule has 0 amide bonds. The number of ketones is 1. The molecule has 4 rings (SSSR count). The molecule has 0 unspecified atom stereocenters. The van der Waals surface area contributed by atoms with Gasteiger partial charge in [-0.2, -0.15) is 5.26 Å². The number of benzene rings is 2. The van der Waals surface area contributed by atoms with Crippen molar-refractivity contribution in [1.29, 1.82) is 5.26 Å². The summed E-state index contributed by atoms with van der Waals surface area (Å²) in [5, 5.41) is 11.2. The summed E-state index contributed by atoms with van der Waals surface area (Å²) < 4.78 is 0. The molecule has 0 fully saturated rings. The average molecular weight is 296 g/mol. The highest BCUT2D eigenvalue weighted by molar-refractivity contribution is 6.15. The standard InChI is InChI=1S/C20H12N2O/c21-11-14-2-3-16-10-18(20(23)19(16)9-14)8-13-1-4-17-12-22-6-5-15(17)7-13/h1-9,12H,10H2/b18-8+. The Hall–Kier alpha value is -3.25. The summed E-state index contributed by atoms with van der Waals surface area (Å²) >= 11 is 0. The van der Waals surface area contributed by atoms with Gasteiger partial charge >= 0.3 is 0 Å². The van der Waals surface area contributed by atoms with Crippen molar-refractivity contribution in [2.24, 2.45) is 0 Å². The van der Waals surface area contributed by atoms with E-state index in [4.69, 9.17) is 5.26 Å². The van der Waals surface area contributed by atoms with E-state index in [1.54, 1.807) is 18.3 Å². The molecule has 1 heterocycles. The lowest BCUT2D eigenvalue weighted by Gasteiger charge is -2.00. The third-order valence-electron chi connectivity index (χ3n) is 4.16. The number of Topliss-reactive ketones (excluding diaryl/α,β-unsaturated/α-hetero) is 1. The maximum absolute atomic E-state index is 12.5. The Labute approximate surface area is 133 Å². The van der Waals surface area contributed by atoms with Crippen LogP contribution in [-0.2, 0) is 6.42 Å². The zero-order valence-corrected chi connectivity index (χ0v) is 12.3. The highest BCUT2D eigenvalue weighted by Crippen LogP contribution is 2.29. The molecule has 0 atom stereocenters. The van der Waals surface area contributed by atoms with Gasteiger partial charge in [0.1, 0.15) is 0 Å². The van der Waals surface area contributed by atoms with Crippen molar-refractivity contribution < 1.29 is 4.79 Å². The van der Waals surface area contributed by atoms with Gasteiger partial charge in [0, 0.05) is 35.3 Å². The minimum Gasteiger partial charge on any atom is -0.289 e. The van der Waals surface area contributed by atoms with Crippen LogP contribution in [0.2, 0.25) is 0 Å². The number of nitriles is 1. The third-order valence-corrected chi connectivity index (χ3v) is 4.16. The molecular formula is C20H12N2O. The van der Waals surface area contributed by atoms with Crippen LogP contribution in [0.4, 0.5) is 0 Å². The van der Waals surface area contributed by atoms with E-state index in [2.05, 4.69) is 17.1 Å². The highest BCUT2D eigenvalue weighted by Gasteiger charge is 2.24. The second-order valence-electron chi connectivity index (χ2n) is 5.64. The number of carbonyl (C=O) groups is 1. The maximum atomic E-state index is 12.5. The second kappa shape index (κ2) is 5.19.